The van der Waals surface area contributed by atoms with Crippen LogP contribution in [0.3, 0.4) is 0 Å². The molecule has 0 bridgehead atoms. The number of nitrogens with one attached hydrogen (secondary N) is 2. The van der Waals surface area contributed by atoms with Crippen molar-refractivity contribution in [3.05, 3.63) is 29.3 Å². The van der Waals surface area contributed by atoms with Gasteiger partial charge in [0.15, 0.2) is 16.4 Å². The molecule has 1 aromatic rings. The van der Waals surface area contributed by atoms with Gasteiger partial charge in [-0.3, -0.25) is 4.79 Å². The summed E-state index contributed by atoms with van der Waals surface area (Å²) in [6.07, 6.45) is 0. The van der Waals surface area contributed by atoms with E-state index in [1.165, 1.54) is 4.90 Å². The lowest BCUT2D eigenvalue weighted by Gasteiger charge is -2.33. The van der Waals surface area contributed by atoms with E-state index < -0.39 is 21.3 Å². The lowest BCUT2D eigenvalue weighted by molar-refractivity contribution is -0.892. The van der Waals surface area contributed by atoms with Crippen molar-refractivity contribution < 1.29 is 18.1 Å². The van der Waals surface area contributed by atoms with Crippen LogP contribution in [0.4, 0.5) is 5.69 Å². The van der Waals surface area contributed by atoms with Crippen LogP contribution in [0.2, 0.25) is 5.02 Å². The highest BCUT2D eigenvalue weighted by molar-refractivity contribution is 7.91. The first kappa shape index (κ1) is 18.8. The molecule has 2 saturated heterocycles. The first-order chi connectivity index (χ1) is 11.8. The van der Waals surface area contributed by atoms with Gasteiger partial charge < -0.3 is 15.1 Å². The standard InChI is InChI=1S/C16H21Cl2N3O3S/c17-12-2-1-3-13(8-12)21-6-4-20(5-7-21)9-16(22)19-15-11-25(23,24)10-14(15)18/h1-3,8,14-15H,4-7,9-11H2,(H,19,22)/p+1/t14-,15+/m0/s1. The van der Waals surface area contributed by atoms with Crippen molar-refractivity contribution in [2.45, 2.75) is 11.4 Å². The van der Waals surface area contributed by atoms with Crippen molar-refractivity contribution in [1.29, 1.82) is 0 Å². The maximum absolute atomic E-state index is 12.2. The van der Waals surface area contributed by atoms with Crippen molar-refractivity contribution in [2.75, 3.05) is 49.1 Å². The smallest absolute Gasteiger partial charge is 0.275 e. The van der Waals surface area contributed by atoms with Gasteiger partial charge in [0.1, 0.15) is 0 Å². The summed E-state index contributed by atoms with van der Waals surface area (Å²) in [5, 5.41) is 2.96. The lowest BCUT2D eigenvalue weighted by atomic mass is 10.2. The topological polar surface area (TPSA) is 70.9 Å². The number of rotatable bonds is 4. The predicted molar refractivity (Wildman–Crippen MR) is 99.5 cm³/mol. The highest BCUT2D eigenvalue weighted by atomic mass is 35.5. The monoisotopic (exact) mass is 406 g/mol. The van der Waals surface area contributed by atoms with E-state index in [1.54, 1.807) is 0 Å². The minimum absolute atomic E-state index is 0.0647. The van der Waals surface area contributed by atoms with Crippen LogP contribution < -0.4 is 15.1 Å². The second kappa shape index (κ2) is 7.70. The third-order valence-corrected chi connectivity index (χ3v) is 7.29. The normalized spacial score (nSPS) is 26.6. The van der Waals surface area contributed by atoms with Gasteiger partial charge in [-0.1, -0.05) is 17.7 Å². The van der Waals surface area contributed by atoms with Crippen LogP contribution >= 0.6 is 23.2 Å². The molecule has 2 atom stereocenters. The van der Waals surface area contributed by atoms with Crippen molar-refractivity contribution in [3.8, 4) is 0 Å². The third kappa shape index (κ3) is 5.00. The molecular formula is C16H22Cl2N3O3S+. The summed E-state index contributed by atoms with van der Waals surface area (Å²) in [7, 11) is -3.14. The minimum atomic E-state index is -3.14. The Morgan fingerprint density at radius 3 is 2.60 bits per heavy atom. The number of nitrogens with zero attached hydrogens (tertiary/aromatic N) is 1. The summed E-state index contributed by atoms with van der Waals surface area (Å²) in [6, 6.07) is 7.28. The molecule has 0 radical (unpaired) electrons. The number of sulfone groups is 1. The van der Waals surface area contributed by atoms with Gasteiger partial charge in [0.2, 0.25) is 0 Å². The van der Waals surface area contributed by atoms with Gasteiger partial charge in [0.05, 0.1) is 49.1 Å². The molecule has 2 heterocycles. The highest BCUT2D eigenvalue weighted by Crippen LogP contribution is 2.19. The number of amides is 1. The maximum atomic E-state index is 12.2. The number of hydrogen-bond acceptors (Lipinski definition) is 4. The molecule has 0 saturated carbocycles. The number of anilines is 1. The van der Waals surface area contributed by atoms with E-state index in [0.717, 1.165) is 31.9 Å². The van der Waals surface area contributed by atoms with Crippen LogP contribution in [0.1, 0.15) is 0 Å². The van der Waals surface area contributed by atoms with Gasteiger partial charge in [0, 0.05) is 10.7 Å². The summed E-state index contributed by atoms with van der Waals surface area (Å²) in [6.45, 7) is 3.71. The number of benzene rings is 1. The Morgan fingerprint density at radius 1 is 1.28 bits per heavy atom. The van der Waals surface area contributed by atoms with Crippen LogP contribution in [-0.4, -0.2) is 70.0 Å². The fourth-order valence-electron chi connectivity index (χ4n) is 3.35. The van der Waals surface area contributed by atoms with Gasteiger partial charge >= 0.3 is 0 Å². The summed E-state index contributed by atoms with van der Waals surface area (Å²) in [5.41, 5.74) is 1.09. The van der Waals surface area contributed by atoms with Gasteiger partial charge in [-0.2, -0.15) is 0 Å². The first-order valence-corrected chi connectivity index (χ1v) is 10.9. The van der Waals surface area contributed by atoms with Crippen LogP contribution in [0.25, 0.3) is 0 Å². The zero-order chi connectivity index (χ0) is 18.0. The second-order valence-corrected chi connectivity index (χ2v) is 9.81. The van der Waals surface area contributed by atoms with E-state index in [4.69, 9.17) is 23.2 Å². The van der Waals surface area contributed by atoms with Crippen LogP contribution in [0.5, 0.6) is 0 Å². The van der Waals surface area contributed by atoms with Gasteiger partial charge in [-0.05, 0) is 18.2 Å². The Bertz CT molecular complexity index is 736. The molecule has 6 nitrogen and oxygen atoms in total. The zero-order valence-corrected chi connectivity index (χ0v) is 16.1. The number of carbonyl (C=O) groups excluding carboxylic acids is 1. The van der Waals surface area contributed by atoms with E-state index in [0.29, 0.717) is 11.6 Å². The molecule has 0 spiro atoms. The molecule has 138 valence electrons. The quantitative estimate of drug-likeness (QED) is 0.665. The summed E-state index contributed by atoms with van der Waals surface area (Å²) in [5.74, 6) is -0.269. The molecule has 0 aromatic heterocycles. The number of halogens is 2. The SMILES string of the molecule is O=C(C[NH+]1CCN(c2cccc(Cl)c2)CC1)N[C@@H]1CS(=O)(=O)C[C@@H]1Cl. The number of quaternary nitrogens is 1. The Balaban J connectivity index is 1.47. The van der Waals surface area contributed by atoms with Crippen LogP contribution in [0.15, 0.2) is 24.3 Å². The maximum Gasteiger partial charge on any atom is 0.275 e. The van der Waals surface area contributed by atoms with Crippen molar-refractivity contribution in [1.82, 2.24) is 5.32 Å². The average Bonchev–Trinajstić information content (AvgIpc) is 2.80. The predicted octanol–water partition coefficient (Wildman–Crippen LogP) is -0.434. The lowest BCUT2D eigenvalue weighted by Crippen LogP contribution is -3.16. The van der Waals surface area contributed by atoms with Crippen LogP contribution in [-0.2, 0) is 14.6 Å². The molecule has 1 amide bonds. The highest BCUT2D eigenvalue weighted by Gasteiger charge is 2.37. The Labute approximate surface area is 158 Å². The minimum Gasteiger partial charge on any atom is -0.360 e. The fraction of sp³-hybridized carbons (Fsp3) is 0.562. The molecule has 2 aliphatic rings. The molecule has 3 rings (SSSR count). The number of hydrogen-bond donors (Lipinski definition) is 2. The Morgan fingerprint density at radius 2 is 2.00 bits per heavy atom. The third-order valence-electron chi connectivity index (χ3n) is 4.68. The molecule has 2 aliphatic heterocycles. The van der Waals surface area contributed by atoms with Crippen molar-refractivity contribution in [2.24, 2.45) is 0 Å². The molecule has 25 heavy (non-hydrogen) atoms. The molecule has 0 aliphatic carbocycles. The first-order valence-electron chi connectivity index (χ1n) is 8.30. The largest absolute Gasteiger partial charge is 0.360 e. The fourth-order valence-corrected chi connectivity index (χ4v) is 6.09. The zero-order valence-electron chi connectivity index (χ0n) is 13.7. The molecule has 0 unspecified atom stereocenters. The summed E-state index contributed by atoms with van der Waals surface area (Å²) < 4.78 is 23.1. The molecule has 9 heteroatoms. The number of piperazine rings is 1. The van der Waals surface area contributed by atoms with Gasteiger partial charge in [-0.15, -0.1) is 11.6 Å². The molecular weight excluding hydrogens is 385 g/mol. The molecule has 2 fully saturated rings. The van der Waals surface area contributed by atoms with E-state index >= 15 is 0 Å². The van der Waals surface area contributed by atoms with E-state index in [-0.39, 0.29) is 17.4 Å². The Hall–Kier alpha value is -1.02. The van der Waals surface area contributed by atoms with E-state index in [2.05, 4.69) is 10.2 Å². The van der Waals surface area contributed by atoms with E-state index in [9.17, 15) is 13.2 Å². The van der Waals surface area contributed by atoms with Crippen molar-refractivity contribution in [3.63, 3.8) is 0 Å². The van der Waals surface area contributed by atoms with E-state index in [1.807, 2.05) is 24.3 Å². The number of carbonyl (C=O) groups is 1. The second-order valence-electron chi connectivity index (χ2n) is 6.66. The number of alkyl halides is 1. The molecule has 1 aromatic carbocycles. The Kier molecular flexibility index (Phi) is 5.78. The van der Waals surface area contributed by atoms with Gasteiger partial charge in [-0.25, -0.2) is 8.42 Å². The summed E-state index contributed by atoms with van der Waals surface area (Å²) >= 11 is 12.1. The average molecular weight is 407 g/mol. The molecule has 2 N–H and O–H groups in total. The van der Waals surface area contributed by atoms with Crippen LogP contribution in [0, 0.1) is 0 Å². The summed E-state index contributed by atoms with van der Waals surface area (Å²) in [4.78, 5) is 15.6. The van der Waals surface area contributed by atoms with Crippen molar-refractivity contribution >= 4 is 44.6 Å². The van der Waals surface area contributed by atoms with Gasteiger partial charge in [0.25, 0.3) is 5.91 Å².